The second-order valence-corrected chi connectivity index (χ2v) is 9.76. The number of nitrogens with one attached hydrogen (secondary N) is 2. The van der Waals surface area contributed by atoms with Crippen LogP contribution in [-0.4, -0.2) is 55.0 Å². The van der Waals surface area contributed by atoms with Crippen molar-refractivity contribution >= 4 is 18.0 Å². The summed E-state index contributed by atoms with van der Waals surface area (Å²) < 4.78 is 11.1. The van der Waals surface area contributed by atoms with Crippen LogP contribution in [0.15, 0.2) is 48.5 Å². The van der Waals surface area contributed by atoms with Crippen LogP contribution in [0.3, 0.4) is 0 Å². The van der Waals surface area contributed by atoms with Crippen molar-refractivity contribution in [2.45, 2.75) is 37.1 Å². The monoisotopic (exact) mass is 478 g/mol. The molecule has 2 aliphatic carbocycles. The van der Waals surface area contributed by atoms with E-state index >= 15 is 0 Å². The van der Waals surface area contributed by atoms with Gasteiger partial charge < -0.3 is 25.2 Å². The fourth-order valence-electron chi connectivity index (χ4n) is 5.14. The van der Waals surface area contributed by atoms with E-state index < -0.39 is 29.4 Å². The lowest BCUT2D eigenvalue weighted by molar-refractivity contribution is -0.142. The van der Waals surface area contributed by atoms with Gasteiger partial charge in [0.1, 0.15) is 12.1 Å². The average molecular weight is 479 g/mol. The minimum Gasteiger partial charge on any atom is -0.481 e. The number of alkyl carbamates (subject to hydrolysis) is 1. The summed E-state index contributed by atoms with van der Waals surface area (Å²) in [5, 5.41) is 14.9. The molecule has 3 aliphatic rings. The second-order valence-electron chi connectivity index (χ2n) is 9.76. The summed E-state index contributed by atoms with van der Waals surface area (Å²) in [4.78, 5) is 37.5. The first kappa shape index (κ1) is 23.4. The Morgan fingerprint density at radius 2 is 1.71 bits per heavy atom. The molecule has 0 spiro atoms. The van der Waals surface area contributed by atoms with Crippen LogP contribution in [0.2, 0.25) is 0 Å². The lowest BCUT2D eigenvalue weighted by Gasteiger charge is -2.28. The summed E-state index contributed by atoms with van der Waals surface area (Å²) in [6.07, 6.45) is 2.24. The molecule has 0 bridgehead atoms. The van der Waals surface area contributed by atoms with Crippen molar-refractivity contribution in [3.05, 3.63) is 59.7 Å². The highest BCUT2D eigenvalue weighted by atomic mass is 16.6. The number of carboxylic acids is 1. The molecule has 8 heteroatoms. The maximum atomic E-state index is 13.1. The van der Waals surface area contributed by atoms with E-state index in [1.165, 1.54) is 0 Å². The minimum atomic E-state index is -1.27. The number of benzene rings is 2. The average Bonchev–Trinajstić information content (AvgIpc) is 3.46. The Balaban J connectivity index is 1.22. The number of carbonyl (C=O) groups excluding carboxylic acids is 2. The minimum absolute atomic E-state index is 0.0173. The lowest BCUT2D eigenvalue weighted by Crippen LogP contribution is -2.60. The van der Waals surface area contributed by atoms with Crippen molar-refractivity contribution in [1.82, 2.24) is 10.6 Å². The van der Waals surface area contributed by atoms with Crippen molar-refractivity contribution in [3.8, 4) is 11.1 Å². The fraction of sp³-hybridized carbons (Fsp3) is 0.444. The molecule has 1 saturated heterocycles. The molecule has 2 unspecified atom stereocenters. The van der Waals surface area contributed by atoms with E-state index in [-0.39, 0.29) is 25.7 Å². The van der Waals surface area contributed by atoms with E-state index in [1.54, 1.807) is 0 Å². The predicted octanol–water partition coefficient (Wildman–Crippen LogP) is 3.30. The Labute approximate surface area is 204 Å². The SMILES string of the molecule is O=C(NC1(C(=O)NCC(CC2CC2)C(=O)O)CCOC1)OCC1c2ccccc2-c2ccccc21. The van der Waals surface area contributed by atoms with Crippen molar-refractivity contribution in [2.24, 2.45) is 11.8 Å². The van der Waals surface area contributed by atoms with Crippen LogP contribution >= 0.6 is 0 Å². The molecule has 0 aromatic heterocycles. The molecular formula is C27H30N2O6. The van der Waals surface area contributed by atoms with Gasteiger partial charge in [0.2, 0.25) is 5.91 Å². The maximum Gasteiger partial charge on any atom is 0.408 e. The molecule has 2 atom stereocenters. The molecule has 8 nitrogen and oxygen atoms in total. The number of hydrogen-bond acceptors (Lipinski definition) is 5. The summed E-state index contributed by atoms with van der Waals surface area (Å²) >= 11 is 0. The summed E-state index contributed by atoms with van der Waals surface area (Å²) in [6.45, 7) is 0.505. The third-order valence-electron chi connectivity index (χ3n) is 7.31. The van der Waals surface area contributed by atoms with E-state index in [9.17, 15) is 19.5 Å². The molecule has 2 amide bonds. The molecule has 1 heterocycles. The molecule has 2 aromatic carbocycles. The van der Waals surface area contributed by atoms with Crippen LogP contribution in [-0.2, 0) is 19.1 Å². The molecule has 35 heavy (non-hydrogen) atoms. The van der Waals surface area contributed by atoms with E-state index in [2.05, 4.69) is 22.8 Å². The number of carboxylic acid groups (broad SMARTS) is 1. The molecule has 3 N–H and O–H groups in total. The van der Waals surface area contributed by atoms with Gasteiger partial charge in [-0.2, -0.15) is 0 Å². The highest BCUT2D eigenvalue weighted by Crippen LogP contribution is 2.44. The first-order valence-electron chi connectivity index (χ1n) is 12.2. The number of fused-ring (bicyclic) bond motifs is 3. The van der Waals surface area contributed by atoms with Gasteiger partial charge in [-0.05, 0) is 34.6 Å². The van der Waals surface area contributed by atoms with Gasteiger partial charge in [0.15, 0.2) is 0 Å². The van der Waals surface area contributed by atoms with Gasteiger partial charge in [-0.15, -0.1) is 0 Å². The van der Waals surface area contributed by atoms with Crippen molar-refractivity contribution in [1.29, 1.82) is 0 Å². The predicted molar refractivity (Wildman–Crippen MR) is 128 cm³/mol. The summed E-state index contributed by atoms with van der Waals surface area (Å²) in [5.41, 5.74) is 3.21. The third-order valence-corrected chi connectivity index (χ3v) is 7.31. The van der Waals surface area contributed by atoms with Gasteiger partial charge >= 0.3 is 12.1 Å². The number of ether oxygens (including phenoxy) is 2. The Bertz CT molecular complexity index is 1080. The molecule has 1 saturated carbocycles. The molecule has 1 aliphatic heterocycles. The normalized spacial score (nSPS) is 21.6. The second kappa shape index (κ2) is 9.70. The van der Waals surface area contributed by atoms with Gasteiger partial charge in [-0.1, -0.05) is 61.4 Å². The topological polar surface area (TPSA) is 114 Å². The van der Waals surface area contributed by atoms with Crippen LogP contribution < -0.4 is 10.6 Å². The van der Waals surface area contributed by atoms with Crippen LogP contribution in [0, 0.1) is 11.8 Å². The van der Waals surface area contributed by atoms with Gasteiger partial charge in [0, 0.05) is 25.5 Å². The molecular weight excluding hydrogens is 448 g/mol. The quantitative estimate of drug-likeness (QED) is 0.510. The third kappa shape index (κ3) is 4.89. The van der Waals surface area contributed by atoms with Crippen LogP contribution in [0.25, 0.3) is 11.1 Å². The van der Waals surface area contributed by atoms with E-state index in [1.807, 2.05) is 36.4 Å². The van der Waals surface area contributed by atoms with Crippen LogP contribution in [0.4, 0.5) is 4.79 Å². The zero-order valence-corrected chi connectivity index (χ0v) is 19.5. The van der Waals surface area contributed by atoms with Crippen LogP contribution in [0.5, 0.6) is 0 Å². The standard InChI is InChI=1S/C27H30N2O6/c30-24(31)18(13-17-9-10-17)14-28-25(32)27(11-12-34-16-27)29-26(33)35-15-23-21-7-3-1-5-19(21)20-6-2-4-8-22(20)23/h1-8,17-18,23H,9-16H2,(H,28,32)(H,29,33)(H,30,31). The van der Waals surface area contributed by atoms with Gasteiger partial charge in [-0.25, -0.2) is 4.79 Å². The number of rotatable bonds is 9. The summed E-state index contributed by atoms with van der Waals surface area (Å²) in [6, 6.07) is 16.2. The summed E-state index contributed by atoms with van der Waals surface area (Å²) in [5.74, 6) is -1.66. The Morgan fingerprint density at radius 1 is 1.06 bits per heavy atom. The van der Waals surface area contributed by atoms with Crippen molar-refractivity contribution in [2.75, 3.05) is 26.4 Å². The molecule has 2 aromatic rings. The molecule has 2 fully saturated rings. The highest BCUT2D eigenvalue weighted by molar-refractivity contribution is 5.91. The highest BCUT2D eigenvalue weighted by Gasteiger charge is 2.45. The van der Waals surface area contributed by atoms with Crippen molar-refractivity contribution in [3.63, 3.8) is 0 Å². The zero-order chi connectivity index (χ0) is 24.4. The maximum absolute atomic E-state index is 13.1. The Morgan fingerprint density at radius 3 is 2.29 bits per heavy atom. The number of carbonyl (C=O) groups is 3. The van der Waals surface area contributed by atoms with Crippen LogP contribution in [0.1, 0.15) is 42.7 Å². The van der Waals surface area contributed by atoms with Crippen molar-refractivity contribution < 1.29 is 29.0 Å². The van der Waals surface area contributed by atoms with E-state index in [0.717, 1.165) is 35.1 Å². The smallest absolute Gasteiger partial charge is 0.408 e. The first-order valence-corrected chi connectivity index (χ1v) is 12.2. The lowest BCUT2D eigenvalue weighted by atomic mass is 9.96. The molecule has 0 radical (unpaired) electrons. The zero-order valence-electron chi connectivity index (χ0n) is 19.5. The number of amides is 2. The van der Waals surface area contributed by atoms with E-state index in [0.29, 0.717) is 25.4 Å². The van der Waals surface area contributed by atoms with Gasteiger partial charge in [-0.3, -0.25) is 9.59 Å². The number of hydrogen-bond donors (Lipinski definition) is 3. The largest absolute Gasteiger partial charge is 0.481 e. The first-order chi connectivity index (χ1) is 17.0. The van der Waals surface area contributed by atoms with Gasteiger partial charge in [0.05, 0.1) is 12.5 Å². The number of aliphatic carboxylic acids is 1. The van der Waals surface area contributed by atoms with Gasteiger partial charge in [0.25, 0.3) is 0 Å². The summed E-state index contributed by atoms with van der Waals surface area (Å²) in [7, 11) is 0. The molecule has 184 valence electrons. The van der Waals surface area contributed by atoms with E-state index in [4.69, 9.17) is 9.47 Å². The molecule has 5 rings (SSSR count). The Hall–Kier alpha value is -3.39. The Kier molecular flexibility index (Phi) is 6.47. The fourth-order valence-corrected chi connectivity index (χ4v) is 5.14.